The Bertz CT molecular complexity index is 573. The quantitative estimate of drug-likeness (QED) is 0.634. The summed E-state index contributed by atoms with van der Waals surface area (Å²) in [5.41, 5.74) is 2.32. The van der Waals surface area contributed by atoms with Crippen LogP contribution < -0.4 is 10.1 Å². The van der Waals surface area contributed by atoms with E-state index in [0.29, 0.717) is 11.6 Å². The monoisotopic (exact) mass is 353 g/mol. The molecule has 23 heavy (non-hydrogen) atoms. The molecule has 0 aliphatic carbocycles. The number of hydrogen-bond acceptors (Lipinski definition) is 2. The minimum atomic E-state index is 0. The van der Waals surface area contributed by atoms with Crippen LogP contribution >= 0.6 is 24.0 Å². The van der Waals surface area contributed by atoms with Gasteiger partial charge in [0.25, 0.3) is 0 Å². The molecule has 0 atom stereocenters. The summed E-state index contributed by atoms with van der Waals surface area (Å²) in [6, 6.07) is 16.1. The number of nitrogens with one attached hydrogen (secondary N) is 1. The highest BCUT2D eigenvalue weighted by molar-refractivity contribution is 6.32. The Balaban J connectivity index is 0.00000264. The first-order valence-corrected chi connectivity index (χ1v) is 8.19. The molecule has 2 nitrogen and oxygen atoms in total. The average molecular weight is 354 g/mol. The number of rotatable bonds is 8. The van der Waals surface area contributed by atoms with E-state index in [2.05, 4.69) is 25.2 Å². The van der Waals surface area contributed by atoms with E-state index in [0.717, 1.165) is 30.3 Å². The van der Waals surface area contributed by atoms with Crippen molar-refractivity contribution in [3.63, 3.8) is 0 Å². The Hall–Kier alpha value is -1.22. The Morgan fingerprint density at radius 3 is 2.43 bits per heavy atom. The summed E-state index contributed by atoms with van der Waals surface area (Å²) in [6.45, 7) is 6.87. The first-order valence-electron chi connectivity index (χ1n) is 7.81. The van der Waals surface area contributed by atoms with Crippen LogP contribution in [-0.2, 0) is 13.2 Å². The summed E-state index contributed by atoms with van der Waals surface area (Å²) in [5.74, 6) is 1.46. The van der Waals surface area contributed by atoms with Crippen molar-refractivity contribution in [1.82, 2.24) is 5.32 Å². The minimum absolute atomic E-state index is 0. The van der Waals surface area contributed by atoms with Crippen LogP contribution in [0.15, 0.2) is 48.5 Å². The fraction of sp³-hybridized carbons (Fsp3) is 0.368. The SMILES string of the molecule is CC(C)CCNCc1ccc(OCc2ccccc2)c(Cl)c1.Cl. The molecule has 0 aliphatic rings. The Kier molecular flexibility index (Phi) is 9.08. The Labute approximate surface area is 150 Å². The molecular formula is C19H25Cl2NO. The average Bonchev–Trinajstić information content (AvgIpc) is 2.51. The summed E-state index contributed by atoms with van der Waals surface area (Å²) in [6.07, 6.45) is 1.19. The normalized spacial score (nSPS) is 10.4. The first kappa shape index (κ1) is 19.8. The van der Waals surface area contributed by atoms with Crippen LogP contribution in [0, 0.1) is 5.92 Å². The predicted molar refractivity (Wildman–Crippen MR) is 101 cm³/mol. The maximum atomic E-state index is 6.31. The summed E-state index contributed by atoms with van der Waals surface area (Å²) in [5, 5.41) is 4.10. The van der Waals surface area contributed by atoms with Gasteiger partial charge in [-0.3, -0.25) is 0 Å². The van der Waals surface area contributed by atoms with Gasteiger partial charge in [-0.15, -0.1) is 12.4 Å². The first-order chi connectivity index (χ1) is 10.6. The van der Waals surface area contributed by atoms with Crippen molar-refractivity contribution in [3.05, 3.63) is 64.7 Å². The second-order valence-electron chi connectivity index (χ2n) is 5.90. The molecule has 0 aliphatic heterocycles. The van der Waals surface area contributed by atoms with Gasteiger partial charge in [-0.1, -0.05) is 61.8 Å². The van der Waals surface area contributed by atoms with Crippen molar-refractivity contribution in [2.45, 2.75) is 33.4 Å². The lowest BCUT2D eigenvalue weighted by molar-refractivity contribution is 0.306. The van der Waals surface area contributed by atoms with E-state index in [1.165, 1.54) is 12.0 Å². The lowest BCUT2D eigenvalue weighted by atomic mass is 10.1. The van der Waals surface area contributed by atoms with Crippen molar-refractivity contribution < 1.29 is 4.74 Å². The maximum Gasteiger partial charge on any atom is 0.138 e. The van der Waals surface area contributed by atoms with Gasteiger partial charge >= 0.3 is 0 Å². The smallest absolute Gasteiger partial charge is 0.138 e. The summed E-state index contributed by atoms with van der Waals surface area (Å²) >= 11 is 6.31. The second-order valence-corrected chi connectivity index (χ2v) is 6.31. The molecule has 126 valence electrons. The molecule has 0 saturated carbocycles. The van der Waals surface area contributed by atoms with E-state index in [-0.39, 0.29) is 12.4 Å². The highest BCUT2D eigenvalue weighted by Crippen LogP contribution is 2.26. The van der Waals surface area contributed by atoms with Crippen LogP contribution in [0.1, 0.15) is 31.4 Å². The number of benzene rings is 2. The van der Waals surface area contributed by atoms with E-state index >= 15 is 0 Å². The minimum Gasteiger partial charge on any atom is -0.487 e. The molecule has 0 heterocycles. The summed E-state index contributed by atoms with van der Waals surface area (Å²) in [4.78, 5) is 0. The standard InChI is InChI=1S/C19H24ClNO.ClH/c1-15(2)10-11-21-13-17-8-9-19(18(20)12-17)22-14-16-6-4-3-5-7-16;/h3-9,12,15,21H,10-11,13-14H2,1-2H3;1H. The number of halogens is 2. The van der Waals surface area contributed by atoms with Crippen LogP contribution in [-0.4, -0.2) is 6.54 Å². The maximum absolute atomic E-state index is 6.31. The molecule has 1 N–H and O–H groups in total. The molecular weight excluding hydrogens is 329 g/mol. The predicted octanol–water partition coefficient (Wildman–Crippen LogP) is 5.48. The molecule has 0 bridgehead atoms. The summed E-state index contributed by atoms with van der Waals surface area (Å²) in [7, 11) is 0. The molecule has 0 fully saturated rings. The molecule has 2 aromatic rings. The Morgan fingerprint density at radius 1 is 1.04 bits per heavy atom. The van der Waals surface area contributed by atoms with Crippen LogP contribution in [0.3, 0.4) is 0 Å². The zero-order chi connectivity index (χ0) is 15.8. The third-order valence-corrected chi connectivity index (χ3v) is 3.76. The number of hydrogen-bond donors (Lipinski definition) is 1. The molecule has 0 saturated heterocycles. The van der Waals surface area contributed by atoms with Gasteiger partial charge in [-0.2, -0.15) is 0 Å². The molecule has 0 amide bonds. The van der Waals surface area contributed by atoms with Crippen molar-refractivity contribution in [2.75, 3.05) is 6.54 Å². The lowest BCUT2D eigenvalue weighted by Crippen LogP contribution is -2.16. The third kappa shape index (κ3) is 7.26. The fourth-order valence-electron chi connectivity index (χ4n) is 2.13. The van der Waals surface area contributed by atoms with E-state index in [9.17, 15) is 0 Å². The molecule has 2 rings (SSSR count). The van der Waals surface area contributed by atoms with Crippen molar-refractivity contribution >= 4 is 24.0 Å². The van der Waals surface area contributed by atoms with Gasteiger partial charge in [0.1, 0.15) is 12.4 Å². The molecule has 0 aromatic heterocycles. The zero-order valence-electron chi connectivity index (χ0n) is 13.7. The van der Waals surface area contributed by atoms with Gasteiger partial charge in [0, 0.05) is 6.54 Å². The van der Waals surface area contributed by atoms with E-state index in [4.69, 9.17) is 16.3 Å². The highest BCUT2D eigenvalue weighted by Gasteiger charge is 2.04. The second kappa shape index (κ2) is 10.5. The van der Waals surface area contributed by atoms with Crippen molar-refractivity contribution in [3.8, 4) is 5.75 Å². The zero-order valence-corrected chi connectivity index (χ0v) is 15.3. The van der Waals surface area contributed by atoms with Gasteiger partial charge in [0.15, 0.2) is 0 Å². The molecule has 0 unspecified atom stereocenters. The lowest BCUT2D eigenvalue weighted by Gasteiger charge is -2.11. The summed E-state index contributed by atoms with van der Waals surface area (Å²) < 4.78 is 5.78. The van der Waals surface area contributed by atoms with Crippen LogP contribution in [0.2, 0.25) is 5.02 Å². The topological polar surface area (TPSA) is 21.3 Å². The van der Waals surface area contributed by atoms with Gasteiger partial charge in [0.2, 0.25) is 0 Å². The van der Waals surface area contributed by atoms with Gasteiger partial charge in [-0.25, -0.2) is 0 Å². The fourth-order valence-corrected chi connectivity index (χ4v) is 2.39. The van der Waals surface area contributed by atoms with Crippen LogP contribution in [0.5, 0.6) is 5.75 Å². The van der Waals surface area contributed by atoms with E-state index < -0.39 is 0 Å². The van der Waals surface area contributed by atoms with Crippen LogP contribution in [0.4, 0.5) is 0 Å². The van der Waals surface area contributed by atoms with Gasteiger partial charge in [-0.05, 0) is 42.1 Å². The molecule has 2 aromatic carbocycles. The molecule has 4 heteroatoms. The highest BCUT2D eigenvalue weighted by atomic mass is 35.5. The Morgan fingerprint density at radius 2 is 1.78 bits per heavy atom. The van der Waals surface area contributed by atoms with Crippen molar-refractivity contribution in [1.29, 1.82) is 0 Å². The van der Waals surface area contributed by atoms with Gasteiger partial charge < -0.3 is 10.1 Å². The number of ether oxygens (including phenoxy) is 1. The van der Waals surface area contributed by atoms with E-state index in [1.807, 2.05) is 42.5 Å². The molecule has 0 spiro atoms. The van der Waals surface area contributed by atoms with Gasteiger partial charge in [0.05, 0.1) is 5.02 Å². The molecule has 0 radical (unpaired) electrons. The third-order valence-electron chi connectivity index (χ3n) is 3.46. The largest absolute Gasteiger partial charge is 0.487 e. The van der Waals surface area contributed by atoms with E-state index in [1.54, 1.807) is 0 Å². The van der Waals surface area contributed by atoms with Crippen LogP contribution in [0.25, 0.3) is 0 Å². The van der Waals surface area contributed by atoms with Crippen molar-refractivity contribution in [2.24, 2.45) is 5.92 Å².